The SMILES string of the molecule is CC(C)COCCCNC(=O)CCCCCl. The van der Waals surface area contributed by atoms with Crippen LogP contribution < -0.4 is 5.32 Å². The van der Waals surface area contributed by atoms with Gasteiger partial charge in [-0.15, -0.1) is 11.6 Å². The first-order valence-electron chi connectivity index (χ1n) is 6.07. The van der Waals surface area contributed by atoms with Crippen LogP contribution in [-0.2, 0) is 9.53 Å². The van der Waals surface area contributed by atoms with Gasteiger partial charge in [0.05, 0.1) is 0 Å². The molecule has 3 nitrogen and oxygen atoms in total. The zero-order valence-electron chi connectivity index (χ0n) is 10.4. The second-order valence-electron chi connectivity index (χ2n) is 4.32. The smallest absolute Gasteiger partial charge is 0.219 e. The number of carbonyl (C=O) groups excluding carboxylic acids is 1. The van der Waals surface area contributed by atoms with Crippen molar-refractivity contribution < 1.29 is 9.53 Å². The van der Waals surface area contributed by atoms with Gasteiger partial charge in [0.1, 0.15) is 0 Å². The van der Waals surface area contributed by atoms with Gasteiger partial charge < -0.3 is 10.1 Å². The number of ether oxygens (including phenoxy) is 1. The fourth-order valence-corrected chi connectivity index (χ4v) is 1.38. The molecular formula is C12H24ClNO2. The lowest BCUT2D eigenvalue weighted by Gasteiger charge is -2.07. The Hall–Kier alpha value is -0.280. The Labute approximate surface area is 104 Å². The second-order valence-corrected chi connectivity index (χ2v) is 4.70. The highest BCUT2D eigenvalue weighted by molar-refractivity contribution is 6.17. The van der Waals surface area contributed by atoms with Crippen LogP contribution in [0.5, 0.6) is 0 Å². The Morgan fingerprint density at radius 2 is 2.06 bits per heavy atom. The fraction of sp³-hybridized carbons (Fsp3) is 0.917. The van der Waals surface area contributed by atoms with Crippen LogP contribution in [0.25, 0.3) is 0 Å². The van der Waals surface area contributed by atoms with Gasteiger partial charge in [0.2, 0.25) is 5.91 Å². The van der Waals surface area contributed by atoms with Crippen LogP contribution in [0.2, 0.25) is 0 Å². The van der Waals surface area contributed by atoms with Crippen molar-refractivity contribution in [1.29, 1.82) is 0 Å². The lowest BCUT2D eigenvalue weighted by molar-refractivity contribution is -0.121. The molecule has 0 heterocycles. The molecule has 0 spiro atoms. The lowest BCUT2D eigenvalue weighted by Crippen LogP contribution is -2.25. The molecule has 0 aliphatic rings. The standard InChI is InChI=1S/C12H24ClNO2/c1-11(2)10-16-9-5-8-14-12(15)6-3-4-7-13/h11H,3-10H2,1-2H3,(H,14,15). The zero-order valence-corrected chi connectivity index (χ0v) is 11.2. The minimum absolute atomic E-state index is 0.119. The van der Waals surface area contributed by atoms with Crippen molar-refractivity contribution in [2.75, 3.05) is 25.6 Å². The molecule has 0 saturated carbocycles. The van der Waals surface area contributed by atoms with Crippen LogP contribution in [0.1, 0.15) is 39.5 Å². The van der Waals surface area contributed by atoms with Crippen molar-refractivity contribution in [2.45, 2.75) is 39.5 Å². The number of nitrogens with one attached hydrogen (secondary N) is 1. The molecule has 1 N–H and O–H groups in total. The van der Waals surface area contributed by atoms with Gasteiger partial charge in [0.25, 0.3) is 0 Å². The molecule has 0 atom stereocenters. The third-order valence-electron chi connectivity index (χ3n) is 2.03. The van der Waals surface area contributed by atoms with Gasteiger partial charge in [0, 0.05) is 32.1 Å². The van der Waals surface area contributed by atoms with E-state index in [0.717, 1.165) is 32.5 Å². The van der Waals surface area contributed by atoms with Gasteiger partial charge in [-0.2, -0.15) is 0 Å². The summed E-state index contributed by atoms with van der Waals surface area (Å²) in [7, 11) is 0. The average Bonchev–Trinajstić information content (AvgIpc) is 2.23. The van der Waals surface area contributed by atoms with Crippen molar-refractivity contribution in [2.24, 2.45) is 5.92 Å². The molecule has 0 aromatic carbocycles. The number of halogens is 1. The summed E-state index contributed by atoms with van der Waals surface area (Å²) in [5, 5.41) is 2.87. The van der Waals surface area contributed by atoms with Crippen LogP contribution in [0.3, 0.4) is 0 Å². The molecule has 0 aromatic heterocycles. The summed E-state index contributed by atoms with van der Waals surface area (Å²) in [6.07, 6.45) is 3.25. The first-order valence-corrected chi connectivity index (χ1v) is 6.60. The largest absolute Gasteiger partial charge is 0.381 e. The van der Waals surface area contributed by atoms with Crippen LogP contribution >= 0.6 is 11.6 Å². The topological polar surface area (TPSA) is 38.3 Å². The molecule has 96 valence electrons. The van der Waals surface area contributed by atoms with Crippen LogP contribution in [0.15, 0.2) is 0 Å². The van der Waals surface area contributed by atoms with E-state index in [2.05, 4.69) is 19.2 Å². The Morgan fingerprint density at radius 1 is 1.31 bits per heavy atom. The molecule has 0 saturated heterocycles. The monoisotopic (exact) mass is 249 g/mol. The van der Waals surface area contributed by atoms with E-state index < -0.39 is 0 Å². The molecule has 0 fully saturated rings. The second kappa shape index (κ2) is 11.2. The normalized spacial score (nSPS) is 10.8. The number of hydrogen-bond acceptors (Lipinski definition) is 2. The molecule has 0 radical (unpaired) electrons. The number of carbonyl (C=O) groups is 1. The third kappa shape index (κ3) is 11.8. The summed E-state index contributed by atoms with van der Waals surface area (Å²) in [4.78, 5) is 11.3. The summed E-state index contributed by atoms with van der Waals surface area (Å²) in [5.74, 6) is 1.33. The van der Waals surface area contributed by atoms with E-state index in [1.165, 1.54) is 0 Å². The van der Waals surface area contributed by atoms with Gasteiger partial charge in [-0.3, -0.25) is 4.79 Å². The van der Waals surface area contributed by atoms with E-state index in [9.17, 15) is 4.79 Å². The quantitative estimate of drug-likeness (QED) is 0.477. The summed E-state index contributed by atoms with van der Waals surface area (Å²) >= 11 is 5.52. The van der Waals surface area contributed by atoms with Crippen LogP contribution in [-0.4, -0.2) is 31.5 Å². The Morgan fingerprint density at radius 3 is 2.69 bits per heavy atom. The molecule has 16 heavy (non-hydrogen) atoms. The maximum absolute atomic E-state index is 11.3. The predicted octanol–water partition coefficient (Wildman–Crippen LogP) is 2.57. The summed E-state index contributed by atoms with van der Waals surface area (Å²) in [5.41, 5.74) is 0. The summed E-state index contributed by atoms with van der Waals surface area (Å²) < 4.78 is 5.41. The number of unbranched alkanes of at least 4 members (excludes halogenated alkanes) is 1. The van der Waals surface area contributed by atoms with E-state index in [4.69, 9.17) is 16.3 Å². The molecule has 0 aliphatic heterocycles. The van der Waals surface area contributed by atoms with E-state index in [1.54, 1.807) is 0 Å². The highest BCUT2D eigenvalue weighted by Crippen LogP contribution is 1.97. The molecule has 0 rings (SSSR count). The molecular weight excluding hydrogens is 226 g/mol. The third-order valence-corrected chi connectivity index (χ3v) is 2.29. The molecule has 0 aliphatic carbocycles. The Balaban J connectivity index is 3.15. The molecule has 0 aromatic rings. The molecule has 1 amide bonds. The number of rotatable bonds is 10. The Bertz CT molecular complexity index is 174. The zero-order chi connectivity index (χ0) is 12.2. The van der Waals surface area contributed by atoms with Crippen molar-refractivity contribution >= 4 is 17.5 Å². The van der Waals surface area contributed by atoms with Crippen LogP contribution in [0, 0.1) is 5.92 Å². The Kier molecular flexibility index (Phi) is 11.0. The number of amides is 1. The van der Waals surface area contributed by atoms with E-state index in [1.807, 2.05) is 0 Å². The van der Waals surface area contributed by atoms with Crippen molar-refractivity contribution in [3.8, 4) is 0 Å². The number of alkyl halides is 1. The number of hydrogen-bond donors (Lipinski definition) is 1. The summed E-state index contributed by atoms with van der Waals surface area (Å²) in [6, 6.07) is 0. The maximum Gasteiger partial charge on any atom is 0.219 e. The molecule has 4 heteroatoms. The van der Waals surface area contributed by atoms with Gasteiger partial charge in [-0.1, -0.05) is 13.8 Å². The van der Waals surface area contributed by atoms with Crippen molar-refractivity contribution in [3.05, 3.63) is 0 Å². The highest BCUT2D eigenvalue weighted by Gasteiger charge is 1.99. The van der Waals surface area contributed by atoms with Crippen molar-refractivity contribution in [3.63, 3.8) is 0 Å². The summed E-state index contributed by atoms with van der Waals surface area (Å²) in [6.45, 7) is 6.47. The van der Waals surface area contributed by atoms with Gasteiger partial charge in [0.15, 0.2) is 0 Å². The minimum atomic E-state index is 0.119. The maximum atomic E-state index is 11.3. The lowest BCUT2D eigenvalue weighted by atomic mass is 10.2. The van der Waals surface area contributed by atoms with E-state index >= 15 is 0 Å². The van der Waals surface area contributed by atoms with Gasteiger partial charge in [-0.05, 0) is 25.2 Å². The molecule has 0 bridgehead atoms. The van der Waals surface area contributed by atoms with Gasteiger partial charge >= 0.3 is 0 Å². The predicted molar refractivity (Wildman–Crippen MR) is 67.9 cm³/mol. The highest BCUT2D eigenvalue weighted by atomic mass is 35.5. The first kappa shape index (κ1) is 15.7. The molecule has 0 unspecified atom stereocenters. The van der Waals surface area contributed by atoms with Crippen LogP contribution in [0.4, 0.5) is 0 Å². The van der Waals surface area contributed by atoms with E-state index in [-0.39, 0.29) is 5.91 Å². The van der Waals surface area contributed by atoms with Crippen molar-refractivity contribution in [1.82, 2.24) is 5.32 Å². The fourth-order valence-electron chi connectivity index (χ4n) is 1.19. The first-order chi connectivity index (χ1) is 7.66. The average molecular weight is 250 g/mol. The van der Waals surface area contributed by atoms with E-state index in [0.29, 0.717) is 24.8 Å². The van der Waals surface area contributed by atoms with Gasteiger partial charge in [-0.25, -0.2) is 0 Å². The minimum Gasteiger partial charge on any atom is -0.381 e.